The first-order valence-electron chi connectivity index (χ1n) is 9.17. The predicted molar refractivity (Wildman–Crippen MR) is 111 cm³/mol. The Hall–Kier alpha value is -2.58. The van der Waals surface area contributed by atoms with Crippen molar-refractivity contribution in [2.24, 2.45) is 5.73 Å². The maximum absolute atomic E-state index is 11.9. The highest BCUT2D eigenvalue weighted by molar-refractivity contribution is 6.30. The van der Waals surface area contributed by atoms with Gasteiger partial charge in [0.2, 0.25) is 0 Å². The molecule has 0 saturated carbocycles. The average molecular weight is 405 g/mol. The number of anilines is 3. The highest BCUT2D eigenvalue weighted by atomic mass is 35.5. The molecule has 1 saturated heterocycles. The van der Waals surface area contributed by atoms with Gasteiger partial charge in [-0.1, -0.05) is 18.5 Å². The van der Waals surface area contributed by atoms with E-state index in [0.29, 0.717) is 23.6 Å². The van der Waals surface area contributed by atoms with Crippen LogP contribution in [0, 0.1) is 0 Å². The van der Waals surface area contributed by atoms with E-state index in [0.717, 1.165) is 31.9 Å². The molecule has 150 valence electrons. The van der Waals surface area contributed by atoms with Gasteiger partial charge in [0.05, 0.1) is 12.8 Å². The standard InChI is InChI=1S/C19H25ClN6O2/c1-4-15-17(20)24-19(16(23-15)18(21)27)22-12-9-13(11-14(10-12)28-3)26-7-5-25(2)6-8-26/h9-11H,4-8H2,1-3H3,(H2,21,27)(H,22,24). The van der Waals surface area contributed by atoms with Crippen molar-refractivity contribution in [3.63, 3.8) is 0 Å². The van der Waals surface area contributed by atoms with E-state index in [2.05, 4.69) is 32.1 Å². The number of aryl methyl sites for hydroxylation is 1. The summed E-state index contributed by atoms with van der Waals surface area (Å²) in [5.74, 6) is 0.264. The summed E-state index contributed by atoms with van der Waals surface area (Å²) < 4.78 is 5.45. The molecule has 1 aliphatic heterocycles. The molecule has 0 bridgehead atoms. The molecule has 3 N–H and O–H groups in total. The molecule has 28 heavy (non-hydrogen) atoms. The molecule has 1 aromatic heterocycles. The van der Waals surface area contributed by atoms with Crippen molar-refractivity contribution in [3.05, 3.63) is 34.7 Å². The third kappa shape index (κ3) is 4.45. The highest BCUT2D eigenvalue weighted by Gasteiger charge is 2.19. The van der Waals surface area contributed by atoms with Crippen LogP contribution in [-0.4, -0.2) is 61.1 Å². The van der Waals surface area contributed by atoms with Gasteiger partial charge in [0.25, 0.3) is 5.91 Å². The minimum atomic E-state index is -0.663. The zero-order valence-electron chi connectivity index (χ0n) is 16.3. The molecule has 0 radical (unpaired) electrons. The molecule has 1 aliphatic rings. The summed E-state index contributed by atoms with van der Waals surface area (Å²) in [4.78, 5) is 25.0. The fourth-order valence-electron chi connectivity index (χ4n) is 3.09. The Kier molecular flexibility index (Phi) is 6.21. The number of rotatable bonds is 6. The minimum Gasteiger partial charge on any atom is -0.497 e. The number of carbonyl (C=O) groups is 1. The van der Waals surface area contributed by atoms with Crippen LogP contribution in [0.5, 0.6) is 5.75 Å². The summed E-state index contributed by atoms with van der Waals surface area (Å²) in [6, 6.07) is 5.81. The van der Waals surface area contributed by atoms with Crippen LogP contribution >= 0.6 is 11.6 Å². The average Bonchev–Trinajstić information content (AvgIpc) is 2.68. The molecule has 2 heterocycles. The van der Waals surface area contributed by atoms with Crippen LogP contribution in [0.3, 0.4) is 0 Å². The van der Waals surface area contributed by atoms with Crippen LogP contribution in [0.1, 0.15) is 23.1 Å². The molecule has 2 aromatic rings. The van der Waals surface area contributed by atoms with E-state index < -0.39 is 5.91 Å². The van der Waals surface area contributed by atoms with Crippen molar-refractivity contribution in [2.45, 2.75) is 13.3 Å². The fourth-order valence-corrected chi connectivity index (χ4v) is 3.35. The van der Waals surface area contributed by atoms with Crippen LogP contribution in [0.25, 0.3) is 0 Å². The molecule has 1 amide bonds. The summed E-state index contributed by atoms with van der Waals surface area (Å²) >= 11 is 6.19. The van der Waals surface area contributed by atoms with E-state index in [9.17, 15) is 4.79 Å². The summed E-state index contributed by atoms with van der Waals surface area (Å²) in [6.45, 7) is 5.72. The number of nitrogens with zero attached hydrogens (tertiary/aromatic N) is 4. The predicted octanol–water partition coefficient (Wildman–Crippen LogP) is 2.30. The zero-order chi connectivity index (χ0) is 20.3. The van der Waals surface area contributed by atoms with Gasteiger partial charge in [-0.05, 0) is 19.5 Å². The van der Waals surface area contributed by atoms with Crippen LogP contribution < -0.4 is 20.7 Å². The van der Waals surface area contributed by atoms with Crippen molar-refractivity contribution in [2.75, 3.05) is 50.6 Å². The number of likely N-dealkylation sites (N-methyl/N-ethyl adjacent to an activating group) is 1. The minimum absolute atomic E-state index is 0.0604. The largest absolute Gasteiger partial charge is 0.497 e. The Morgan fingerprint density at radius 1 is 1.25 bits per heavy atom. The van der Waals surface area contributed by atoms with E-state index in [1.807, 2.05) is 25.1 Å². The molecule has 8 nitrogen and oxygen atoms in total. The number of methoxy groups -OCH3 is 1. The second kappa shape index (κ2) is 8.62. The molecule has 0 atom stereocenters. The van der Waals surface area contributed by atoms with Gasteiger partial charge >= 0.3 is 0 Å². The van der Waals surface area contributed by atoms with Crippen LogP contribution in [0.2, 0.25) is 5.15 Å². The lowest BCUT2D eigenvalue weighted by Gasteiger charge is -2.34. The quantitative estimate of drug-likeness (QED) is 0.762. The number of nitrogens with two attached hydrogens (primary N) is 1. The summed E-state index contributed by atoms with van der Waals surface area (Å²) in [7, 11) is 3.73. The lowest BCUT2D eigenvalue weighted by Crippen LogP contribution is -2.44. The number of carbonyl (C=O) groups excluding carboxylic acids is 1. The smallest absolute Gasteiger partial charge is 0.271 e. The maximum atomic E-state index is 11.9. The van der Waals surface area contributed by atoms with Crippen molar-refractivity contribution < 1.29 is 9.53 Å². The maximum Gasteiger partial charge on any atom is 0.271 e. The number of amides is 1. The summed E-state index contributed by atoms with van der Waals surface area (Å²) in [6.07, 6.45) is 0.555. The number of nitrogens with one attached hydrogen (secondary N) is 1. The third-order valence-corrected chi connectivity index (χ3v) is 5.05. The first-order chi connectivity index (χ1) is 13.4. The Morgan fingerprint density at radius 2 is 1.96 bits per heavy atom. The number of benzene rings is 1. The van der Waals surface area contributed by atoms with E-state index >= 15 is 0 Å². The van der Waals surface area contributed by atoms with Gasteiger partial charge in [0, 0.05) is 49.7 Å². The van der Waals surface area contributed by atoms with E-state index in [4.69, 9.17) is 22.1 Å². The van der Waals surface area contributed by atoms with E-state index in [1.54, 1.807) is 7.11 Å². The lowest BCUT2D eigenvalue weighted by atomic mass is 10.2. The number of primary amides is 1. The molecule has 0 unspecified atom stereocenters. The molecule has 0 aliphatic carbocycles. The Balaban J connectivity index is 1.95. The lowest BCUT2D eigenvalue weighted by molar-refractivity contribution is 0.0996. The van der Waals surface area contributed by atoms with E-state index in [1.165, 1.54) is 0 Å². The number of hydrogen-bond acceptors (Lipinski definition) is 7. The van der Waals surface area contributed by atoms with Gasteiger partial charge in [-0.2, -0.15) is 0 Å². The number of halogens is 1. The molecular formula is C19H25ClN6O2. The number of piperazine rings is 1. The molecular weight excluding hydrogens is 380 g/mol. The monoisotopic (exact) mass is 404 g/mol. The molecule has 9 heteroatoms. The third-order valence-electron chi connectivity index (χ3n) is 4.75. The number of aromatic nitrogens is 2. The molecule has 1 fully saturated rings. The first-order valence-corrected chi connectivity index (χ1v) is 9.54. The topological polar surface area (TPSA) is 96.6 Å². The second-order valence-electron chi connectivity index (χ2n) is 6.71. The fraction of sp³-hybridized carbons (Fsp3) is 0.421. The normalized spacial score (nSPS) is 14.8. The summed E-state index contributed by atoms with van der Waals surface area (Å²) in [5.41, 5.74) is 7.83. The Bertz CT molecular complexity index is 868. The van der Waals surface area contributed by atoms with Crippen molar-refractivity contribution in [1.29, 1.82) is 0 Å². The van der Waals surface area contributed by atoms with Crippen molar-refractivity contribution >= 4 is 34.7 Å². The summed E-state index contributed by atoms with van der Waals surface area (Å²) in [5, 5.41) is 3.38. The Morgan fingerprint density at radius 3 is 2.57 bits per heavy atom. The highest BCUT2D eigenvalue weighted by Crippen LogP contribution is 2.30. The van der Waals surface area contributed by atoms with Gasteiger partial charge in [-0.15, -0.1) is 0 Å². The molecule has 0 spiro atoms. The number of hydrogen-bond donors (Lipinski definition) is 2. The first kappa shape index (κ1) is 20.2. The van der Waals surface area contributed by atoms with Gasteiger partial charge in [-0.25, -0.2) is 9.97 Å². The van der Waals surface area contributed by atoms with Crippen molar-refractivity contribution in [3.8, 4) is 5.75 Å². The number of ether oxygens (including phenoxy) is 1. The van der Waals surface area contributed by atoms with Gasteiger partial charge < -0.3 is 25.6 Å². The van der Waals surface area contributed by atoms with Crippen molar-refractivity contribution in [1.82, 2.24) is 14.9 Å². The second-order valence-corrected chi connectivity index (χ2v) is 7.07. The van der Waals surface area contributed by atoms with E-state index in [-0.39, 0.29) is 16.7 Å². The van der Waals surface area contributed by atoms with Gasteiger partial charge in [0.1, 0.15) is 5.75 Å². The zero-order valence-corrected chi connectivity index (χ0v) is 17.1. The molecule has 1 aromatic carbocycles. The Labute approximate surface area is 169 Å². The van der Waals surface area contributed by atoms with Crippen LogP contribution in [0.4, 0.5) is 17.2 Å². The SMILES string of the molecule is CCc1nc(C(N)=O)c(Nc2cc(OC)cc(N3CCN(C)CC3)c2)nc1Cl. The van der Waals surface area contributed by atoms with Gasteiger partial charge in [-0.3, -0.25) is 4.79 Å². The van der Waals surface area contributed by atoms with Crippen LogP contribution in [-0.2, 0) is 6.42 Å². The van der Waals surface area contributed by atoms with Gasteiger partial charge in [0.15, 0.2) is 16.7 Å². The molecule has 3 rings (SSSR count). The van der Waals surface area contributed by atoms with Crippen LogP contribution in [0.15, 0.2) is 18.2 Å².